The standard InChI is InChI=1S/C28H30N8O3S/c1-19-6-5-7-20(2)27(19)24-15-26(32-28(31-24)33-40(37,38)23-17-30-35(4)18-23)39-22-8-9-25(21(14-22)16-29)36-12-10-34(3)11-13-36/h5-9,14-15,17-18H,10-13H2,1-4H3,(H,31,32,33). The van der Waals surface area contributed by atoms with E-state index in [9.17, 15) is 13.7 Å². The van der Waals surface area contributed by atoms with Gasteiger partial charge in [0.25, 0.3) is 10.0 Å². The second kappa shape index (κ2) is 11.0. The molecule has 5 rings (SSSR count). The maximum atomic E-state index is 13.0. The Hall–Kier alpha value is -4.47. The summed E-state index contributed by atoms with van der Waals surface area (Å²) in [6.45, 7) is 7.42. The van der Waals surface area contributed by atoms with E-state index in [1.54, 1.807) is 25.2 Å². The summed E-state index contributed by atoms with van der Waals surface area (Å²) >= 11 is 0. The van der Waals surface area contributed by atoms with E-state index in [0.29, 0.717) is 17.0 Å². The normalized spacial score (nSPS) is 14.1. The molecular formula is C28H30N8O3S. The summed E-state index contributed by atoms with van der Waals surface area (Å²) in [6, 6.07) is 15.1. The van der Waals surface area contributed by atoms with Crippen LogP contribution < -0.4 is 14.4 Å². The molecule has 0 bridgehead atoms. The van der Waals surface area contributed by atoms with Crippen molar-refractivity contribution in [2.75, 3.05) is 42.8 Å². The van der Waals surface area contributed by atoms with Gasteiger partial charge in [0, 0.05) is 57.1 Å². The number of hydrogen-bond acceptors (Lipinski definition) is 9. The molecule has 0 unspecified atom stereocenters. The van der Waals surface area contributed by atoms with Gasteiger partial charge in [-0.1, -0.05) is 18.2 Å². The highest BCUT2D eigenvalue weighted by molar-refractivity contribution is 7.92. The first-order valence-corrected chi connectivity index (χ1v) is 14.2. The fourth-order valence-electron chi connectivity index (χ4n) is 4.70. The molecule has 0 saturated carbocycles. The lowest BCUT2D eigenvalue weighted by molar-refractivity contribution is 0.313. The van der Waals surface area contributed by atoms with Gasteiger partial charge >= 0.3 is 0 Å². The number of nitrogens with zero attached hydrogens (tertiary/aromatic N) is 7. The average Bonchev–Trinajstić information content (AvgIpc) is 3.36. The molecule has 1 saturated heterocycles. The van der Waals surface area contributed by atoms with E-state index in [0.717, 1.165) is 48.6 Å². The van der Waals surface area contributed by atoms with E-state index in [1.165, 1.54) is 17.1 Å². The number of aromatic nitrogens is 4. The van der Waals surface area contributed by atoms with E-state index in [2.05, 4.69) is 42.7 Å². The number of ether oxygens (including phenoxy) is 1. The third-order valence-corrected chi connectivity index (χ3v) is 8.09. The molecule has 2 aromatic heterocycles. The van der Waals surface area contributed by atoms with Crippen LogP contribution in [-0.4, -0.2) is 66.3 Å². The molecule has 12 heteroatoms. The summed E-state index contributed by atoms with van der Waals surface area (Å²) in [5.41, 5.74) is 4.62. The van der Waals surface area contributed by atoms with Crippen molar-refractivity contribution in [1.82, 2.24) is 24.6 Å². The number of likely N-dealkylation sites (N-methyl/N-ethyl adjacent to an activating group) is 1. The minimum absolute atomic E-state index is 0.0169. The number of rotatable bonds is 7. The van der Waals surface area contributed by atoms with Gasteiger partial charge in [-0.05, 0) is 44.2 Å². The van der Waals surface area contributed by atoms with Crippen molar-refractivity contribution in [2.45, 2.75) is 18.7 Å². The summed E-state index contributed by atoms with van der Waals surface area (Å²) in [5, 5.41) is 13.8. The summed E-state index contributed by atoms with van der Waals surface area (Å²) < 4.78 is 36.0. The SMILES string of the molecule is Cc1cccc(C)c1-c1cc(Oc2ccc(N3CCN(C)CC3)c(C#N)c2)nc(NS(=O)(=O)c2cnn(C)c2)n1. The van der Waals surface area contributed by atoms with Crippen molar-refractivity contribution in [3.05, 3.63) is 71.5 Å². The lowest BCUT2D eigenvalue weighted by Gasteiger charge is -2.34. The highest BCUT2D eigenvalue weighted by Gasteiger charge is 2.21. The second-order valence-corrected chi connectivity index (χ2v) is 11.5. The Morgan fingerprint density at radius 1 is 1.00 bits per heavy atom. The molecule has 0 atom stereocenters. The quantitative estimate of drug-likeness (QED) is 0.361. The average molecular weight is 559 g/mol. The first-order valence-electron chi connectivity index (χ1n) is 12.8. The van der Waals surface area contributed by atoms with Crippen LogP contribution in [0.5, 0.6) is 11.6 Å². The monoisotopic (exact) mass is 558 g/mol. The van der Waals surface area contributed by atoms with Crippen molar-refractivity contribution < 1.29 is 13.2 Å². The van der Waals surface area contributed by atoms with Gasteiger partial charge < -0.3 is 14.5 Å². The number of hydrogen-bond donors (Lipinski definition) is 1. The summed E-state index contributed by atoms with van der Waals surface area (Å²) in [4.78, 5) is 13.3. The van der Waals surface area contributed by atoms with E-state index in [-0.39, 0.29) is 16.7 Å². The van der Waals surface area contributed by atoms with Crippen LogP contribution in [0.15, 0.2) is 59.8 Å². The van der Waals surface area contributed by atoms with Crippen LogP contribution in [0.1, 0.15) is 16.7 Å². The van der Waals surface area contributed by atoms with Gasteiger partial charge in [0.05, 0.1) is 23.1 Å². The van der Waals surface area contributed by atoms with Gasteiger partial charge in [0.1, 0.15) is 16.7 Å². The van der Waals surface area contributed by atoms with E-state index in [4.69, 9.17) is 4.74 Å². The molecule has 0 radical (unpaired) electrons. The highest BCUT2D eigenvalue weighted by Crippen LogP contribution is 2.33. The van der Waals surface area contributed by atoms with Crippen LogP contribution in [0.25, 0.3) is 11.3 Å². The number of benzene rings is 2. The third kappa shape index (κ3) is 5.75. The van der Waals surface area contributed by atoms with Gasteiger partial charge in [-0.3, -0.25) is 4.68 Å². The Bertz CT molecular complexity index is 1680. The van der Waals surface area contributed by atoms with Crippen molar-refractivity contribution in [1.29, 1.82) is 5.26 Å². The Balaban J connectivity index is 1.52. The smallest absolute Gasteiger partial charge is 0.267 e. The van der Waals surface area contributed by atoms with Gasteiger partial charge in [-0.25, -0.2) is 18.1 Å². The number of piperazine rings is 1. The van der Waals surface area contributed by atoms with Crippen molar-refractivity contribution in [2.24, 2.45) is 7.05 Å². The molecule has 4 aromatic rings. The summed E-state index contributed by atoms with van der Waals surface area (Å²) in [6.07, 6.45) is 2.64. The molecule has 0 aliphatic carbocycles. The minimum atomic E-state index is -4.00. The van der Waals surface area contributed by atoms with Crippen LogP contribution in [0.3, 0.4) is 0 Å². The van der Waals surface area contributed by atoms with Gasteiger partial charge in [0.2, 0.25) is 11.8 Å². The van der Waals surface area contributed by atoms with Gasteiger partial charge in [0.15, 0.2) is 0 Å². The van der Waals surface area contributed by atoms with E-state index in [1.807, 2.05) is 38.1 Å². The van der Waals surface area contributed by atoms with Crippen LogP contribution in [-0.2, 0) is 17.1 Å². The van der Waals surface area contributed by atoms with Crippen LogP contribution in [0.4, 0.5) is 11.6 Å². The molecule has 1 aliphatic rings. The first-order chi connectivity index (χ1) is 19.1. The van der Waals surface area contributed by atoms with Crippen LogP contribution in [0.2, 0.25) is 0 Å². The van der Waals surface area contributed by atoms with Crippen LogP contribution >= 0.6 is 0 Å². The van der Waals surface area contributed by atoms with Crippen molar-refractivity contribution in [3.8, 4) is 29.0 Å². The fourth-order valence-corrected chi connectivity index (χ4v) is 5.62. The molecule has 0 spiro atoms. The lowest BCUT2D eigenvalue weighted by atomic mass is 10.00. The molecule has 40 heavy (non-hydrogen) atoms. The zero-order chi connectivity index (χ0) is 28.4. The molecule has 206 valence electrons. The zero-order valence-corrected chi connectivity index (χ0v) is 23.6. The molecule has 0 amide bonds. The van der Waals surface area contributed by atoms with Gasteiger partial charge in [-0.15, -0.1) is 0 Å². The minimum Gasteiger partial charge on any atom is -0.439 e. The number of nitriles is 1. The fraction of sp³-hybridized carbons (Fsp3) is 0.286. The molecule has 1 aliphatic heterocycles. The maximum Gasteiger partial charge on any atom is 0.267 e. The van der Waals surface area contributed by atoms with Gasteiger partial charge in [-0.2, -0.15) is 15.3 Å². The number of aryl methyl sites for hydroxylation is 3. The first kappa shape index (κ1) is 27.1. The second-order valence-electron chi connectivity index (χ2n) is 9.82. The lowest BCUT2D eigenvalue weighted by Crippen LogP contribution is -2.44. The predicted octanol–water partition coefficient (Wildman–Crippen LogP) is 3.71. The molecule has 2 aromatic carbocycles. The van der Waals surface area contributed by atoms with Crippen molar-refractivity contribution >= 4 is 21.7 Å². The number of sulfonamides is 1. The highest BCUT2D eigenvalue weighted by atomic mass is 32.2. The van der Waals surface area contributed by atoms with Crippen LogP contribution in [0, 0.1) is 25.2 Å². The molecule has 11 nitrogen and oxygen atoms in total. The predicted molar refractivity (Wildman–Crippen MR) is 152 cm³/mol. The zero-order valence-electron chi connectivity index (χ0n) is 22.8. The Morgan fingerprint density at radius 2 is 1.73 bits per heavy atom. The summed E-state index contributed by atoms with van der Waals surface area (Å²) in [5.74, 6) is 0.392. The Kier molecular flexibility index (Phi) is 7.42. The van der Waals surface area contributed by atoms with Crippen molar-refractivity contribution in [3.63, 3.8) is 0 Å². The largest absolute Gasteiger partial charge is 0.439 e. The number of nitrogens with one attached hydrogen (secondary N) is 1. The maximum absolute atomic E-state index is 13.0. The Morgan fingerprint density at radius 3 is 2.38 bits per heavy atom. The third-order valence-electron chi connectivity index (χ3n) is 6.81. The molecule has 3 heterocycles. The number of anilines is 2. The molecule has 1 fully saturated rings. The molecule has 1 N–H and O–H groups in total. The van der Waals surface area contributed by atoms with E-state index < -0.39 is 10.0 Å². The summed E-state index contributed by atoms with van der Waals surface area (Å²) in [7, 11) is -0.285. The Labute approximate surface area is 233 Å². The molecular weight excluding hydrogens is 528 g/mol. The topological polar surface area (TPSA) is 129 Å². The van der Waals surface area contributed by atoms with E-state index >= 15 is 0 Å².